The fraction of sp³-hybridized carbons (Fsp3) is 0.536. The molecule has 2 aliphatic rings. The number of hydrogen-bond acceptors (Lipinski definition) is 8. The number of anilines is 1. The van der Waals surface area contributed by atoms with Crippen molar-refractivity contribution in [2.24, 2.45) is 0 Å². The Balaban J connectivity index is 1.35. The summed E-state index contributed by atoms with van der Waals surface area (Å²) in [5.41, 5.74) is 3.19. The molecule has 0 saturated carbocycles. The van der Waals surface area contributed by atoms with Crippen LogP contribution < -0.4 is 15.0 Å². The second kappa shape index (κ2) is 13.1. The number of amides is 1. The molecule has 2 N–H and O–H groups in total. The van der Waals surface area contributed by atoms with Gasteiger partial charge in [0, 0.05) is 66.5 Å². The summed E-state index contributed by atoms with van der Waals surface area (Å²) in [6, 6.07) is 13.4. The largest absolute Gasteiger partial charge is 0.482 e. The number of aliphatic hydroxyl groups excluding tert-OH is 1. The molecular weight excluding hydrogens is 518 g/mol. The number of fused-ring (bicyclic) bond motifs is 1. The quantitative estimate of drug-likeness (QED) is 0.420. The first-order chi connectivity index (χ1) is 18.7. The van der Waals surface area contributed by atoms with E-state index < -0.39 is 22.0 Å². The number of β-amino-alcohol motifs (C(OH)–C–C–N with tert-alkyl or cyclic N) is 1. The van der Waals surface area contributed by atoms with E-state index in [1.165, 1.54) is 25.2 Å². The number of benzene rings is 2. The molecule has 11 heteroatoms. The van der Waals surface area contributed by atoms with Gasteiger partial charge in [0.2, 0.25) is 10.0 Å². The number of aliphatic hydroxyl groups is 1. The van der Waals surface area contributed by atoms with Crippen LogP contribution in [0.15, 0.2) is 47.4 Å². The molecule has 39 heavy (non-hydrogen) atoms. The summed E-state index contributed by atoms with van der Waals surface area (Å²) in [4.78, 5) is 19.2. The van der Waals surface area contributed by atoms with Gasteiger partial charge in [0.1, 0.15) is 10.6 Å². The minimum Gasteiger partial charge on any atom is -0.482 e. The number of nitrogens with zero attached hydrogens (tertiary/aromatic N) is 4. The fourth-order valence-corrected chi connectivity index (χ4v) is 6.32. The minimum atomic E-state index is -3.84. The molecule has 214 valence electrons. The average molecular weight is 560 g/mol. The van der Waals surface area contributed by atoms with Crippen molar-refractivity contribution in [2.45, 2.75) is 30.9 Å². The van der Waals surface area contributed by atoms with Gasteiger partial charge in [-0.1, -0.05) is 37.3 Å². The molecule has 2 aromatic rings. The van der Waals surface area contributed by atoms with Crippen molar-refractivity contribution < 1.29 is 23.1 Å². The van der Waals surface area contributed by atoms with Gasteiger partial charge in [-0.2, -0.15) is 0 Å². The van der Waals surface area contributed by atoms with Crippen LogP contribution in [0.2, 0.25) is 0 Å². The summed E-state index contributed by atoms with van der Waals surface area (Å²) < 4.78 is 33.6. The lowest BCUT2D eigenvalue weighted by Gasteiger charge is -2.36. The monoisotopic (exact) mass is 559 g/mol. The number of rotatable bonds is 11. The predicted octanol–water partition coefficient (Wildman–Crippen LogP) is 0.993. The number of nitrogens with one attached hydrogen (secondary N) is 1. The number of hydrogen-bond donors (Lipinski definition) is 2. The highest BCUT2D eigenvalue weighted by atomic mass is 32.2. The second-order valence-electron chi connectivity index (χ2n) is 10.3. The van der Waals surface area contributed by atoms with Gasteiger partial charge in [-0.25, -0.2) is 12.7 Å². The first-order valence-electron chi connectivity index (χ1n) is 13.6. The summed E-state index contributed by atoms with van der Waals surface area (Å²) in [5.74, 6) is -0.282. The van der Waals surface area contributed by atoms with Gasteiger partial charge in [0.25, 0.3) is 5.91 Å². The zero-order valence-corrected chi connectivity index (χ0v) is 24.0. The van der Waals surface area contributed by atoms with Crippen LogP contribution in [0.4, 0.5) is 5.69 Å². The first-order valence-corrected chi connectivity index (χ1v) is 15.0. The van der Waals surface area contributed by atoms with E-state index in [4.69, 9.17) is 4.74 Å². The van der Waals surface area contributed by atoms with Gasteiger partial charge in [0.15, 0.2) is 6.61 Å². The third-order valence-corrected chi connectivity index (χ3v) is 9.32. The molecule has 0 aromatic heterocycles. The Labute approximate surface area is 232 Å². The van der Waals surface area contributed by atoms with Crippen molar-refractivity contribution in [3.63, 3.8) is 0 Å². The molecule has 10 nitrogen and oxygen atoms in total. The van der Waals surface area contributed by atoms with E-state index >= 15 is 0 Å². The molecular formula is C28H41N5O5S. The SMILES string of the molecule is CCN1CCN(c2cccc(OCC(=O)NC[C@@H](O)CN3CCc4ccccc4C3)c2S(=O)(=O)N(C)C)CC1. The van der Waals surface area contributed by atoms with Crippen LogP contribution in [-0.4, -0.2) is 113 Å². The molecule has 1 atom stereocenters. The number of carbonyl (C=O) groups is 1. The third-order valence-electron chi connectivity index (χ3n) is 7.43. The van der Waals surface area contributed by atoms with Crippen LogP contribution in [0.5, 0.6) is 5.75 Å². The maximum atomic E-state index is 13.3. The summed E-state index contributed by atoms with van der Waals surface area (Å²) in [6.07, 6.45) is 0.211. The van der Waals surface area contributed by atoms with Crippen molar-refractivity contribution in [1.29, 1.82) is 0 Å². The van der Waals surface area contributed by atoms with E-state index in [1.807, 2.05) is 12.1 Å². The molecule has 0 bridgehead atoms. The van der Waals surface area contributed by atoms with Crippen LogP contribution in [-0.2, 0) is 27.8 Å². The fourth-order valence-electron chi connectivity index (χ4n) is 5.11. The number of carbonyl (C=O) groups excluding carboxylic acids is 1. The molecule has 4 rings (SSSR count). The molecule has 0 unspecified atom stereocenters. The van der Waals surface area contributed by atoms with Gasteiger partial charge in [-0.15, -0.1) is 0 Å². The predicted molar refractivity (Wildman–Crippen MR) is 152 cm³/mol. The Kier molecular flexibility index (Phi) is 9.84. The number of piperazine rings is 1. The zero-order chi connectivity index (χ0) is 28.0. The standard InChI is InChI=1S/C28H41N5O5S/c1-4-31-14-16-33(17-15-31)25-10-7-11-26(28(25)39(36,37)30(2)3)38-21-27(35)29-18-24(34)20-32-13-12-22-8-5-6-9-23(22)19-32/h5-11,24,34H,4,12-21H2,1-3H3,(H,29,35)/t24-/m1/s1. The molecule has 1 saturated heterocycles. The van der Waals surface area contributed by atoms with E-state index in [-0.39, 0.29) is 23.8 Å². The molecule has 1 fully saturated rings. The second-order valence-corrected chi connectivity index (χ2v) is 12.4. The van der Waals surface area contributed by atoms with E-state index in [2.05, 4.69) is 39.1 Å². The normalized spacial score (nSPS) is 17.6. The first kappa shape index (κ1) is 29.3. The van der Waals surface area contributed by atoms with Crippen molar-refractivity contribution in [3.05, 3.63) is 53.6 Å². The topological polar surface area (TPSA) is 106 Å². The highest BCUT2D eigenvalue weighted by Gasteiger charge is 2.30. The molecule has 0 aliphatic carbocycles. The Morgan fingerprint density at radius 3 is 2.44 bits per heavy atom. The van der Waals surface area contributed by atoms with Crippen molar-refractivity contribution in [2.75, 3.05) is 78.0 Å². The Hall–Kier alpha value is -2.70. The molecule has 2 heterocycles. The molecule has 0 spiro atoms. The van der Waals surface area contributed by atoms with E-state index in [0.29, 0.717) is 25.3 Å². The van der Waals surface area contributed by atoms with Gasteiger partial charge < -0.3 is 25.0 Å². The van der Waals surface area contributed by atoms with Gasteiger partial charge in [-0.3, -0.25) is 9.69 Å². The maximum Gasteiger partial charge on any atom is 0.258 e. The smallest absolute Gasteiger partial charge is 0.258 e. The molecule has 0 radical (unpaired) electrons. The van der Waals surface area contributed by atoms with Gasteiger partial charge in [0.05, 0.1) is 11.8 Å². The van der Waals surface area contributed by atoms with Crippen molar-refractivity contribution in [3.8, 4) is 5.75 Å². The van der Waals surface area contributed by atoms with Gasteiger partial charge in [-0.05, 0) is 36.2 Å². The lowest BCUT2D eigenvalue weighted by molar-refractivity contribution is -0.123. The minimum absolute atomic E-state index is 0.0677. The van der Waals surface area contributed by atoms with Crippen LogP contribution in [0.25, 0.3) is 0 Å². The van der Waals surface area contributed by atoms with E-state index in [0.717, 1.165) is 43.4 Å². The van der Waals surface area contributed by atoms with Crippen molar-refractivity contribution in [1.82, 2.24) is 19.4 Å². The number of likely N-dealkylation sites (N-methyl/N-ethyl adjacent to an activating group) is 1. The van der Waals surface area contributed by atoms with Crippen LogP contribution in [0, 0.1) is 0 Å². The van der Waals surface area contributed by atoms with Gasteiger partial charge >= 0.3 is 0 Å². The summed E-state index contributed by atoms with van der Waals surface area (Å²) in [7, 11) is -0.870. The summed E-state index contributed by atoms with van der Waals surface area (Å²) in [5, 5.41) is 13.2. The van der Waals surface area contributed by atoms with E-state index in [9.17, 15) is 18.3 Å². The zero-order valence-electron chi connectivity index (χ0n) is 23.2. The Bertz CT molecular complexity index is 1230. The van der Waals surface area contributed by atoms with Crippen LogP contribution in [0.3, 0.4) is 0 Å². The summed E-state index contributed by atoms with van der Waals surface area (Å²) in [6.45, 7) is 7.98. The Morgan fingerprint density at radius 2 is 1.74 bits per heavy atom. The van der Waals surface area contributed by atoms with Crippen LogP contribution >= 0.6 is 0 Å². The lowest BCUT2D eigenvalue weighted by Crippen LogP contribution is -2.46. The molecule has 2 aliphatic heterocycles. The molecule has 1 amide bonds. The average Bonchev–Trinajstić information content (AvgIpc) is 2.94. The van der Waals surface area contributed by atoms with Crippen molar-refractivity contribution >= 4 is 21.6 Å². The Morgan fingerprint density at radius 1 is 1.03 bits per heavy atom. The maximum absolute atomic E-state index is 13.3. The van der Waals surface area contributed by atoms with Crippen LogP contribution in [0.1, 0.15) is 18.1 Å². The highest BCUT2D eigenvalue weighted by molar-refractivity contribution is 7.89. The number of ether oxygens (including phenoxy) is 1. The third kappa shape index (κ3) is 7.29. The lowest BCUT2D eigenvalue weighted by atomic mass is 10.00. The molecule has 2 aromatic carbocycles. The highest BCUT2D eigenvalue weighted by Crippen LogP contribution is 2.36. The van der Waals surface area contributed by atoms with E-state index in [1.54, 1.807) is 18.2 Å². The summed E-state index contributed by atoms with van der Waals surface area (Å²) >= 11 is 0. The number of sulfonamides is 1.